The van der Waals surface area contributed by atoms with Crippen molar-refractivity contribution in [3.05, 3.63) is 52.0 Å². The van der Waals surface area contributed by atoms with Crippen molar-refractivity contribution in [3.63, 3.8) is 0 Å². The lowest BCUT2D eigenvalue weighted by atomic mass is 9.56. The average molecular weight is 429 g/mol. The minimum absolute atomic E-state index is 0.0785. The van der Waals surface area contributed by atoms with Gasteiger partial charge < -0.3 is 30.9 Å². The third-order valence-electron chi connectivity index (χ3n) is 6.55. The third-order valence-corrected chi connectivity index (χ3v) is 6.55. The number of fused-ring (bicyclic) bond motifs is 3. The molecule has 0 saturated heterocycles. The number of ether oxygens (including phenoxy) is 1. The van der Waals surface area contributed by atoms with Crippen LogP contribution in [0.4, 0.5) is 0 Å². The Balaban J connectivity index is 2.03. The van der Waals surface area contributed by atoms with Gasteiger partial charge in [0, 0.05) is 23.8 Å². The molecule has 1 aromatic rings. The molecule has 0 aliphatic heterocycles. The zero-order valence-corrected chi connectivity index (χ0v) is 16.2. The Labute approximate surface area is 175 Å². The van der Waals surface area contributed by atoms with Gasteiger partial charge in [-0.1, -0.05) is 19.1 Å². The van der Waals surface area contributed by atoms with Gasteiger partial charge >= 0.3 is 0 Å². The predicted octanol–water partition coefficient (Wildman–Crippen LogP) is 0.293. The number of benzene rings is 1. The summed E-state index contributed by atoms with van der Waals surface area (Å²) in [6, 6.07) is 4.40. The second-order valence-corrected chi connectivity index (χ2v) is 7.94. The lowest BCUT2D eigenvalue weighted by Crippen LogP contribution is -2.63. The van der Waals surface area contributed by atoms with Crippen LogP contribution in [0.3, 0.4) is 0 Å². The van der Waals surface area contributed by atoms with E-state index in [1.54, 1.807) is 13.0 Å². The maximum Gasteiger partial charge on any atom is 0.293 e. The Kier molecular flexibility index (Phi) is 4.44. The van der Waals surface area contributed by atoms with Crippen LogP contribution in [0.1, 0.15) is 35.2 Å². The molecular weight excluding hydrogens is 410 g/mol. The summed E-state index contributed by atoms with van der Waals surface area (Å²) >= 11 is 0. The van der Waals surface area contributed by atoms with Gasteiger partial charge in [-0.05, 0) is 17.5 Å². The number of Topliss-reactive ketones (excluding diaryl/α,β-unsaturated/α-hetero) is 2. The van der Waals surface area contributed by atoms with Crippen molar-refractivity contribution < 1.29 is 44.3 Å². The van der Waals surface area contributed by atoms with Gasteiger partial charge in [0.15, 0.2) is 11.4 Å². The summed E-state index contributed by atoms with van der Waals surface area (Å²) in [6.07, 6.45) is -1.83. The molecule has 3 aliphatic rings. The molecule has 5 atom stereocenters. The van der Waals surface area contributed by atoms with Crippen molar-refractivity contribution in [1.82, 2.24) is 0 Å². The van der Waals surface area contributed by atoms with E-state index in [9.17, 15) is 39.6 Å². The summed E-state index contributed by atoms with van der Waals surface area (Å²) in [6.45, 7) is 1.75. The number of ketones is 2. The minimum atomic E-state index is -2.84. The first-order valence-corrected chi connectivity index (χ1v) is 9.45. The molecule has 1 aromatic carbocycles. The summed E-state index contributed by atoms with van der Waals surface area (Å²) in [5.41, 5.74) is 1.31. The van der Waals surface area contributed by atoms with Crippen molar-refractivity contribution in [3.8, 4) is 5.75 Å². The van der Waals surface area contributed by atoms with E-state index in [1.807, 2.05) is 0 Å². The fraction of sp³-hybridized carbons (Fsp3) is 0.333. The number of phenolic OH excluding ortho intramolecular Hbond substituents is 1. The Bertz CT molecular complexity index is 1120. The number of aromatic hydroxyl groups is 1. The standard InChI is InChI=1S/C21H19NO9/c1-7-8-3-2-4-10(24)13(8)16(26)15-12(7)17(31-6-23)9-5-11(25)14(20(22)29)18(27)21(9,30)19(15)28/h2-4,6-7,9,12,17,24-25,28,30H,5H2,1H3,(H2,22,29)/t7-,9+,12+,17+,21+/m0/s1. The topological polar surface area (TPSA) is 184 Å². The number of hydrogen-bond acceptors (Lipinski definition) is 9. The van der Waals surface area contributed by atoms with E-state index in [4.69, 9.17) is 10.5 Å². The quantitative estimate of drug-likeness (QED) is 0.333. The van der Waals surface area contributed by atoms with E-state index in [2.05, 4.69) is 0 Å². The number of phenols is 1. The Morgan fingerprint density at radius 1 is 1.26 bits per heavy atom. The highest BCUT2D eigenvalue weighted by molar-refractivity contribution is 6.24. The lowest BCUT2D eigenvalue weighted by molar-refractivity contribution is -0.166. The van der Waals surface area contributed by atoms with Crippen LogP contribution >= 0.6 is 0 Å². The van der Waals surface area contributed by atoms with Gasteiger partial charge in [-0.2, -0.15) is 0 Å². The number of hydrogen-bond donors (Lipinski definition) is 5. The van der Waals surface area contributed by atoms with E-state index in [0.29, 0.717) is 5.56 Å². The Hall–Kier alpha value is -3.66. The zero-order chi connectivity index (χ0) is 22.8. The van der Waals surface area contributed by atoms with Crippen molar-refractivity contribution in [2.75, 3.05) is 0 Å². The highest BCUT2D eigenvalue weighted by Gasteiger charge is 2.65. The Morgan fingerprint density at radius 3 is 2.55 bits per heavy atom. The molecule has 10 nitrogen and oxygen atoms in total. The molecular formula is C21H19NO9. The molecule has 0 spiro atoms. The summed E-state index contributed by atoms with van der Waals surface area (Å²) in [7, 11) is 0. The molecule has 0 unspecified atom stereocenters. The van der Waals surface area contributed by atoms with Crippen LogP contribution in [0.15, 0.2) is 40.9 Å². The minimum Gasteiger partial charge on any atom is -0.511 e. The number of carbonyl (C=O) groups is 4. The smallest absolute Gasteiger partial charge is 0.293 e. The van der Waals surface area contributed by atoms with Crippen LogP contribution in [0.2, 0.25) is 0 Å². The molecule has 0 aromatic heterocycles. The number of aliphatic hydroxyl groups is 3. The normalized spacial score (nSPS) is 32.2. The van der Waals surface area contributed by atoms with Crippen LogP contribution < -0.4 is 5.73 Å². The van der Waals surface area contributed by atoms with Crippen LogP contribution in [0.5, 0.6) is 5.75 Å². The molecule has 4 rings (SSSR count). The molecule has 3 aliphatic carbocycles. The number of carbonyl (C=O) groups excluding carboxylic acids is 4. The molecule has 0 bridgehead atoms. The number of rotatable bonds is 3. The second-order valence-electron chi connectivity index (χ2n) is 7.94. The first-order chi connectivity index (χ1) is 14.6. The van der Waals surface area contributed by atoms with Gasteiger partial charge in [0.25, 0.3) is 12.4 Å². The predicted molar refractivity (Wildman–Crippen MR) is 102 cm³/mol. The van der Waals surface area contributed by atoms with Gasteiger partial charge in [0.2, 0.25) is 5.78 Å². The average Bonchev–Trinajstić information content (AvgIpc) is 2.70. The van der Waals surface area contributed by atoms with E-state index < -0.39 is 76.0 Å². The number of primary amides is 1. The Morgan fingerprint density at radius 2 is 1.94 bits per heavy atom. The molecule has 0 saturated carbocycles. The molecule has 162 valence electrons. The first-order valence-electron chi connectivity index (χ1n) is 9.45. The molecule has 0 heterocycles. The van der Waals surface area contributed by atoms with Crippen molar-refractivity contribution in [1.29, 1.82) is 0 Å². The number of nitrogens with two attached hydrogens (primary N) is 1. The summed E-state index contributed by atoms with van der Waals surface area (Å²) in [5.74, 6) is -8.65. The van der Waals surface area contributed by atoms with E-state index >= 15 is 0 Å². The molecule has 0 radical (unpaired) electrons. The SMILES string of the molecule is C[C@H]1c2cccc(O)c2C(=O)C2=C(O)[C@]3(O)C(=O)C(C(N)=O)=C(O)C[C@@H]3[C@@H](OC=O)[C@@H]21. The highest BCUT2D eigenvalue weighted by Crippen LogP contribution is 2.55. The van der Waals surface area contributed by atoms with Crippen molar-refractivity contribution in [2.24, 2.45) is 17.6 Å². The van der Waals surface area contributed by atoms with Crippen molar-refractivity contribution >= 4 is 23.9 Å². The van der Waals surface area contributed by atoms with E-state index in [1.165, 1.54) is 12.1 Å². The number of aliphatic hydroxyl groups excluding tert-OH is 2. The molecule has 10 heteroatoms. The number of allylic oxidation sites excluding steroid dienone is 1. The maximum atomic E-state index is 13.3. The maximum absolute atomic E-state index is 13.3. The van der Waals surface area contributed by atoms with E-state index in [0.717, 1.165) is 0 Å². The number of amides is 1. The lowest BCUT2D eigenvalue weighted by Gasteiger charge is -2.50. The van der Waals surface area contributed by atoms with Gasteiger partial charge in [0.05, 0.1) is 5.56 Å². The molecule has 1 amide bonds. The summed E-state index contributed by atoms with van der Waals surface area (Å²) in [5, 5.41) is 42.8. The highest BCUT2D eigenvalue weighted by atomic mass is 16.5. The van der Waals surface area contributed by atoms with Gasteiger partial charge in [-0.3, -0.25) is 19.2 Å². The largest absolute Gasteiger partial charge is 0.511 e. The van der Waals surface area contributed by atoms with Crippen LogP contribution in [-0.2, 0) is 19.1 Å². The van der Waals surface area contributed by atoms with Gasteiger partial charge in [-0.15, -0.1) is 0 Å². The van der Waals surface area contributed by atoms with E-state index in [-0.39, 0.29) is 17.8 Å². The fourth-order valence-corrected chi connectivity index (χ4v) is 5.17. The zero-order valence-electron chi connectivity index (χ0n) is 16.2. The second kappa shape index (κ2) is 6.67. The summed E-state index contributed by atoms with van der Waals surface area (Å²) < 4.78 is 5.19. The van der Waals surface area contributed by atoms with Gasteiger partial charge in [0.1, 0.15) is 28.9 Å². The molecule has 0 fully saturated rings. The molecule has 31 heavy (non-hydrogen) atoms. The van der Waals surface area contributed by atoms with Crippen LogP contribution in [0, 0.1) is 11.8 Å². The monoisotopic (exact) mass is 429 g/mol. The van der Waals surface area contributed by atoms with Crippen molar-refractivity contribution in [2.45, 2.75) is 31.0 Å². The first kappa shape index (κ1) is 20.6. The summed E-state index contributed by atoms with van der Waals surface area (Å²) in [4.78, 5) is 49.3. The van der Waals surface area contributed by atoms with Crippen LogP contribution in [-0.4, -0.2) is 56.1 Å². The van der Waals surface area contributed by atoms with Gasteiger partial charge in [-0.25, -0.2) is 0 Å². The fourth-order valence-electron chi connectivity index (χ4n) is 5.17. The molecule has 6 N–H and O–H groups in total. The third kappa shape index (κ3) is 2.48. The van der Waals surface area contributed by atoms with Crippen LogP contribution in [0.25, 0.3) is 0 Å².